The van der Waals surface area contributed by atoms with Crippen molar-refractivity contribution in [1.82, 2.24) is 0 Å². The Morgan fingerprint density at radius 1 is 1.06 bits per heavy atom. The third-order valence-electron chi connectivity index (χ3n) is 2.47. The fourth-order valence-electron chi connectivity index (χ4n) is 1.75. The van der Waals surface area contributed by atoms with E-state index in [4.69, 9.17) is 13.3 Å². The van der Waals surface area contributed by atoms with Crippen LogP contribution in [0, 0.1) is 0 Å². The molecule has 0 bridgehead atoms. The van der Waals surface area contributed by atoms with Crippen molar-refractivity contribution in [3.63, 3.8) is 0 Å². The van der Waals surface area contributed by atoms with Gasteiger partial charge in [-0.2, -0.15) is 0 Å². The van der Waals surface area contributed by atoms with Crippen molar-refractivity contribution in [1.29, 1.82) is 0 Å². The van der Waals surface area contributed by atoms with Crippen LogP contribution in [0.2, 0.25) is 6.55 Å². The van der Waals surface area contributed by atoms with Crippen LogP contribution in [0.3, 0.4) is 0 Å². The van der Waals surface area contributed by atoms with Crippen molar-refractivity contribution in [3.05, 3.63) is 35.9 Å². The minimum atomic E-state index is -2.50. The summed E-state index contributed by atoms with van der Waals surface area (Å²) in [5, 5.41) is 0. The molecular formula is C13H22O3Si. The third kappa shape index (κ3) is 4.59. The van der Waals surface area contributed by atoms with Crippen LogP contribution in [0.5, 0.6) is 0 Å². The minimum absolute atomic E-state index is 0.00836. The third-order valence-corrected chi connectivity index (χ3v) is 4.88. The van der Waals surface area contributed by atoms with Crippen molar-refractivity contribution < 1.29 is 13.3 Å². The van der Waals surface area contributed by atoms with Crippen LogP contribution >= 0.6 is 0 Å². The number of benzene rings is 1. The Balaban J connectivity index is 2.67. The van der Waals surface area contributed by atoms with Crippen LogP contribution in [-0.4, -0.2) is 22.0 Å². The molecule has 0 saturated carbocycles. The van der Waals surface area contributed by atoms with E-state index < -0.39 is 8.80 Å². The van der Waals surface area contributed by atoms with E-state index in [9.17, 15) is 0 Å². The second kappa shape index (κ2) is 6.91. The minimum Gasteiger partial charge on any atom is -0.374 e. The maximum atomic E-state index is 6.00. The zero-order valence-electron chi connectivity index (χ0n) is 11.1. The molecule has 1 aromatic carbocycles. The first kappa shape index (κ1) is 14.4. The number of rotatable bonds is 7. The molecule has 1 atom stereocenters. The average molecular weight is 254 g/mol. The molecule has 0 aromatic heterocycles. The van der Waals surface area contributed by atoms with Gasteiger partial charge in [-0.1, -0.05) is 30.3 Å². The van der Waals surface area contributed by atoms with E-state index in [1.54, 1.807) is 0 Å². The predicted octanol–water partition coefficient (Wildman–Crippen LogP) is 3.41. The first-order chi connectivity index (χ1) is 8.11. The summed E-state index contributed by atoms with van der Waals surface area (Å²) in [6, 6.07) is 10.1. The Bertz CT molecular complexity index is 310. The Kier molecular flexibility index (Phi) is 5.84. The van der Waals surface area contributed by atoms with Gasteiger partial charge in [0.15, 0.2) is 0 Å². The normalized spacial score (nSPS) is 13.6. The van der Waals surface area contributed by atoms with Gasteiger partial charge in [0.25, 0.3) is 0 Å². The lowest BCUT2D eigenvalue weighted by molar-refractivity contribution is 0.0440. The molecule has 4 heteroatoms. The van der Waals surface area contributed by atoms with Crippen LogP contribution in [0.15, 0.2) is 30.3 Å². The van der Waals surface area contributed by atoms with Crippen molar-refractivity contribution in [2.24, 2.45) is 0 Å². The first-order valence-electron chi connectivity index (χ1n) is 6.12. The molecule has 1 rings (SSSR count). The van der Waals surface area contributed by atoms with Crippen molar-refractivity contribution in [3.8, 4) is 0 Å². The summed E-state index contributed by atoms with van der Waals surface area (Å²) >= 11 is 0. The predicted molar refractivity (Wildman–Crippen MR) is 70.8 cm³/mol. The molecule has 0 fully saturated rings. The van der Waals surface area contributed by atoms with Crippen LogP contribution in [0.4, 0.5) is 0 Å². The fraction of sp³-hybridized carbons (Fsp3) is 0.538. The summed E-state index contributed by atoms with van der Waals surface area (Å²) in [6.07, 6.45) is -0.00836. The lowest BCUT2D eigenvalue weighted by Crippen LogP contribution is -2.43. The average Bonchev–Trinajstić information content (AvgIpc) is 2.30. The Labute approximate surface area is 105 Å². The molecule has 0 saturated heterocycles. The van der Waals surface area contributed by atoms with Crippen molar-refractivity contribution >= 4 is 8.80 Å². The molecule has 1 aromatic rings. The lowest BCUT2D eigenvalue weighted by atomic mass is 10.1. The molecule has 0 radical (unpaired) electrons. The molecule has 0 spiro atoms. The van der Waals surface area contributed by atoms with Crippen LogP contribution in [0.1, 0.15) is 32.4 Å². The van der Waals surface area contributed by atoms with Crippen LogP contribution in [-0.2, 0) is 13.3 Å². The maximum Gasteiger partial charge on any atom is 0.498 e. The molecule has 17 heavy (non-hydrogen) atoms. The van der Waals surface area contributed by atoms with E-state index in [-0.39, 0.29) is 6.10 Å². The summed E-state index contributed by atoms with van der Waals surface area (Å²) in [4.78, 5) is 0. The molecule has 0 aliphatic rings. The Hall–Kier alpha value is -0.683. The highest BCUT2D eigenvalue weighted by Crippen LogP contribution is 2.22. The zero-order valence-corrected chi connectivity index (χ0v) is 12.1. The van der Waals surface area contributed by atoms with E-state index in [0.29, 0.717) is 13.2 Å². The largest absolute Gasteiger partial charge is 0.498 e. The van der Waals surface area contributed by atoms with Crippen LogP contribution < -0.4 is 0 Å². The molecule has 0 unspecified atom stereocenters. The Morgan fingerprint density at radius 3 is 2.06 bits per heavy atom. The maximum absolute atomic E-state index is 6.00. The van der Waals surface area contributed by atoms with Gasteiger partial charge in [-0.15, -0.1) is 0 Å². The molecule has 0 aliphatic carbocycles. The van der Waals surface area contributed by atoms with Gasteiger partial charge in [0.2, 0.25) is 0 Å². The van der Waals surface area contributed by atoms with Gasteiger partial charge in [-0.25, -0.2) is 0 Å². The van der Waals surface area contributed by atoms with E-state index in [0.717, 1.165) is 5.56 Å². The van der Waals surface area contributed by atoms with Crippen molar-refractivity contribution in [2.75, 3.05) is 13.2 Å². The molecule has 0 aliphatic heterocycles. The van der Waals surface area contributed by atoms with Gasteiger partial charge >= 0.3 is 8.80 Å². The number of hydrogen-bond acceptors (Lipinski definition) is 3. The van der Waals surface area contributed by atoms with Gasteiger partial charge in [0.1, 0.15) is 0 Å². The molecule has 0 N–H and O–H groups in total. The quantitative estimate of drug-likeness (QED) is 0.698. The fourth-order valence-corrected chi connectivity index (χ4v) is 3.79. The van der Waals surface area contributed by atoms with Crippen LogP contribution in [0.25, 0.3) is 0 Å². The highest BCUT2D eigenvalue weighted by molar-refractivity contribution is 6.59. The standard InChI is InChI=1S/C13H22O3Si/c1-5-14-17(4,15-6-2)16-12(3)13-10-8-7-9-11-13/h7-12H,5-6H2,1-4H3/t12-/m0/s1. The molecular weight excluding hydrogens is 232 g/mol. The van der Waals surface area contributed by atoms with E-state index in [1.165, 1.54) is 0 Å². The summed E-state index contributed by atoms with van der Waals surface area (Å²) < 4.78 is 17.3. The second-order valence-corrected chi connectivity index (χ2v) is 6.44. The second-order valence-electron chi connectivity index (χ2n) is 3.90. The summed E-state index contributed by atoms with van der Waals surface area (Å²) in [5.41, 5.74) is 1.14. The van der Waals surface area contributed by atoms with Gasteiger partial charge in [0.05, 0.1) is 6.10 Å². The summed E-state index contributed by atoms with van der Waals surface area (Å²) in [7, 11) is -2.50. The van der Waals surface area contributed by atoms with Gasteiger partial charge in [-0.05, 0) is 26.3 Å². The molecule has 3 nitrogen and oxygen atoms in total. The SMILES string of the molecule is CCO[Si](C)(OCC)O[C@@H](C)c1ccccc1. The Morgan fingerprint density at radius 2 is 1.59 bits per heavy atom. The first-order valence-corrected chi connectivity index (χ1v) is 8.34. The monoisotopic (exact) mass is 254 g/mol. The summed E-state index contributed by atoms with van der Waals surface area (Å²) in [6.45, 7) is 9.12. The van der Waals surface area contributed by atoms with E-state index in [2.05, 4.69) is 12.1 Å². The molecule has 0 heterocycles. The molecule has 96 valence electrons. The smallest absolute Gasteiger partial charge is 0.374 e. The highest BCUT2D eigenvalue weighted by atomic mass is 28.4. The van der Waals surface area contributed by atoms with Crippen molar-refractivity contribution in [2.45, 2.75) is 33.4 Å². The van der Waals surface area contributed by atoms with E-state index in [1.807, 2.05) is 45.5 Å². The van der Waals surface area contributed by atoms with Gasteiger partial charge in [0, 0.05) is 19.8 Å². The summed E-state index contributed by atoms with van der Waals surface area (Å²) in [5.74, 6) is 0. The lowest BCUT2D eigenvalue weighted by Gasteiger charge is -2.28. The van der Waals surface area contributed by atoms with E-state index >= 15 is 0 Å². The highest BCUT2D eigenvalue weighted by Gasteiger charge is 2.36. The number of hydrogen-bond donors (Lipinski definition) is 0. The molecule has 0 amide bonds. The topological polar surface area (TPSA) is 27.7 Å². The van der Waals surface area contributed by atoms with Gasteiger partial charge in [-0.3, -0.25) is 0 Å². The van der Waals surface area contributed by atoms with Gasteiger partial charge < -0.3 is 13.3 Å². The zero-order chi connectivity index (χ0) is 12.7.